The molecule has 0 aromatic carbocycles. The number of hydrogen-bond donors (Lipinski definition) is 1. The van der Waals surface area contributed by atoms with Gasteiger partial charge >= 0.3 is 0 Å². The number of amides is 1. The summed E-state index contributed by atoms with van der Waals surface area (Å²) in [5.41, 5.74) is 5.77. The number of halogens is 2. The molecule has 1 saturated carbocycles. The average Bonchev–Trinajstić information content (AvgIpc) is 3.03. The third-order valence-corrected chi connectivity index (χ3v) is 5.16. The van der Waals surface area contributed by atoms with Gasteiger partial charge in [0.25, 0.3) is 0 Å². The van der Waals surface area contributed by atoms with Gasteiger partial charge in [0.1, 0.15) is 0 Å². The largest absolute Gasteiger partial charge is 0.338 e. The van der Waals surface area contributed by atoms with Crippen LogP contribution in [0.5, 0.6) is 0 Å². The molecule has 1 aliphatic carbocycles. The molecule has 0 saturated heterocycles. The first-order chi connectivity index (χ1) is 9.15. The minimum absolute atomic E-state index is 0. The van der Waals surface area contributed by atoms with E-state index >= 15 is 0 Å². The first kappa shape index (κ1) is 17.8. The Balaban J connectivity index is 0.00000200. The summed E-state index contributed by atoms with van der Waals surface area (Å²) in [5, 5.41) is 0. The molecule has 2 N–H and O–H groups in total. The van der Waals surface area contributed by atoms with Crippen molar-refractivity contribution in [1.29, 1.82) is 0 Å². The van der Waals surface area contributed by atoms with Crippen molar-refractivity contribution in [3.63, 3.8) is 0 Å². The van der Waals surface area contributed by atoms with Crippen LogP contribution in [0.3, 0.4) is 0 Å². The zero-order valence-electron chi connectivity index (χ0n) is 11.7. The highest BCUT2D eigenvalue weighted by molar-refractivity contribution is 7.16. The lowest BCUT2D eigenvalue weighted by molar-refractivity contribution is -0.137. The molecule has 0 spiro atoms. The molecular weight excluding hydrogens is 315 g/mol. The van der Waals surface area contributed by atoms with E-state index in [1.165, 1.54) is 0 Å². The number of carbonyl (C=O) groups is 1. The average molecular weight is 337 g/mol. The van der Waals surface area contributed by atoms with Crippen molar-refractivity contribution in [2.75, 3.05) is 13.1 Å². The van der Waals surface area contributed by atoms with Crippen LogP contribution in [0.4, 0.5) is 0 Å². The summed E-state index contributed by atoms with van der Waals surface area (Å²) in [6.07, 6.45) is 3.21. The lowest BCUT2D eigenvalue weighted by Crippen LogP contribution is -2.38. The molecule has 1 aromatic heterocycles. The predicted octanol–water partition coefficient (Wildman–Crippen LogP) is 3.55. The molecule has 0 bridgehead atoms. The summed E-state index contributed by atoms with van der Waals surface area (Å²) in [4.78, 5) is 15.7. The Bertz CT molecular complexity index is 439. The van der Waals surface area contributed by atoms with Gasteiger partial charge in [0.2, 0.25) is 5.91 Å². The summed E-state index contributed by atoms with van der Waals surface area (Å²) in [6.45, 7) is 4.06. The molecule has 0 aliphatic heterocycles. The van der Waals surface area contributed by atoms with Gasteiger partial charge in [-0.15, -0.1) is 23.7 Å². The monoisotopic (exact) mass is 336 g/mol. The first-order valence-corrected chi connectivity index (χ1v) is 8.08. The minimum Gasteiger partial charge on any atom is -0.338 e. The van der Waals surface area contributed by atoms with Gasteiger partial charge in [0.15, 0.2) is 0 Å². The Kier molecular flexibility index (Phi) is 7.30. The van der Waals surface area contributed by atoms with Crippen molar-refractivity contribution in [3.05, 3.63) is 21.3 Å². The lowest BCUT2D eigenvalue weighted by Gasteiger charge is -2.26. The number of rotatable bonds is 5. The normalized spacial score (nSPS) is 21.6. The number of hydrogen-bond acceptors (Lipinski definition) is 3. The van der Waals surface area contributed by atoms with Gasteiger partial charge in [0, 0.05) is 17.3 Å². The third-order valence-electron chi connectivity index (χ3n) is 3.95. The van der Waals surface area contributed by atoms with E-state index in [9.17, 15) is 4.79 Å². The van der Waals surface area contributed by atoms with Crippen molar-refractivity contribution >= 4 is 41.3 Å². The second-order valence-electron chi connectivity index (χ2n) is 5.09. The minimum atomic E-state index is 0. The van der Waals surface area contributed by atoms with E-state index in [2.05, 4.69) is 0 Å². The van der Waals surface area contributed by atoms with Crippen molar-refractivity contribution < 1.29 is 4.79 Å². The van der Waals surface area contributed by atoms with E-state index in [1.54, 1.807) is 11.3 Å². The van der Waals surface area contributed by atoms with Gasteiger partial charge in [0.05, 0.1) is 10.9 Å². The smallest absolute Gasteiger partial charge is 0.226 e. The quantitative estimate of drug-likeness (QED) is 0.893. The zero-order chi connectivity index (χ0) is 13.8. The van der Waals surface area contributed by atoms with Gasteiger partial charge in [-0.1, -0.05) is 18.0 Å². The molecule has 1 aliphatic rings. The number of nitrogens with zero attached hydrogens (tertiary/aromatic N) is 1. The lowest BCUT2D eigenvalue weighted by atomic mass is 9.94. The maximum Gasteiger partial charge on any atom is 0.226 e. The fraction of sp³-hybridized carbons (Fsp3) is 0.643. The molecule has 1 amide bonds. The second kappa shape index (κ2) is 8.23. The highest BCUT2D eigenvalue weighted by Crippen LogP contribution is 2.33. The molecule has 0 radical (unpaired) electrons. The third kappa shape index (κ3) is 4.10. The summed E-state index contributed by atoms with van der Waals surface area (Å²) in [5.74, 6) is 0.758. The highest BCUT2D eigenvalue weighted by atomic mass is 35.5. The SMILES string of the molecule is CCN(Cc1ccc(Cl)s1)C(=O)[C@@H]1CCC[C@@H]1CN.Cl. The molecule has 114 valence electrons. The van der Waals surface area contributed by atoms with Crippen LogP contribution in [0.25, 0.3) is 0 Å². The summed E-state index contributed by atoms with van der Waals surface area (Å²) in [6, 6.07) is 3.89. The Morgan fingerprint density at radius 1 is 1.50 bits per heavy atom. The number of nitrogens with two attached hydrogens (primary N) is 1. The fourth-order valence-electron chi connectivity index (χ4n) is 2.85. The van der Waals surface area contributed by atoms with Crippen LogP contribution in [-0.2, 0) is 11.3 Å². The molecular formula is C14H22Cl2N2OS. The van der Waals surface area contributed by atoms with Gasteiger partial charge in [-0.25, -0.2) is 0 Å². The molecule has 6 heteroatoms. The van der Waals surface area contributed by atoms with Gasteiger partial charge in [-0.05, 0) is 44.4 Å². The van der Waals surface area contributed by atoms with Crippen LogP contribution < -0.4 is 5.73 Å². The number of carbonyl (C=O) groups excluding carboxylic acids is 1. The molecule has 1 heterocycles. The fourth-order valence-corrected chi connectivity index (χ4v) is 3.95. The molecule has 20 heavy (non-hydrogen) atoms. The summed E-state index contributed by atoms with van der Waals surface area (Å²) >= 11 is 7.48. The van der Waals surface area contributed by atoms with E-state index in [0.29, 0.717) is 19.0 Å². The Morgan fingerprint density at radius 3 is 2.80 bits per heavy atom. The first-order valence-electron chi connectivity index (χ1n) is 6.88. The van der Waals surface area contributed by atoms with Crippen molar-refractivity contribution in [2.45, 2.75) is 32.7 Å². The topological polar surface area (TPSA) is 46.3 Å². The van der Waals surface area contributed by atoms with Crippen molar-refractivity contribution in [1.82, 2.24) is 4.90 Å². The highest BCUT2D eigenvalue weighted by Gasteiger charge is 2.34. The Morgan fingerprint density at radius 2 is 2.25 bits per heavy atom. The molecule has 0 unspecified atom stereocenters. The maximum absolute atomic E-state index is 12.6. The van der Waals surface area contributed by atoms with Gasteiger partial charge in [-0.3, -0.25) is 4.79 Å². The number of thiophene rings is 1. The molecule has 2 atom stereocenters. The Hall–Kier alpha value is -0.290. The Labute approximate surface area is 135 Å². The van der Waals surface area contributed by atoms with E-state index < -0.39 is 0 Å². The van der Waals surface area contributed by atoms with Crippen LogP contribution >= 0.6 is 35.3 Å². The standard InChI is InChI=1S/C14H21ClN2OS.ClH/c1-2-17(9-11-6-7-13(15)19-11)14(18)12-5-3-4-10(12)8-16;/h6-7,10,12H,2-5,8-9,16H2,1H3;1H/t10-,12-;/m1./s1. The van der Waals surface area contributed by atoms with Crippen LogP contribution in [0.2, 0.25) is 4.34 Å². The summed E-state index contributed by atoms with van der Waals surface area (Å²) < 4.78 is 0.777. The van der Waals surface area contributed by atoms with Gasteiger partial charge in [-0.2, -0.15) is 0 Å². The van der Waals surface area contributed by atoms with Crippen LogP contribution in [0, 0.1) is 11.8 Å². The molecule has 2 rings (SSSR count). The second-order valence-corrected chi connectivity index (χ2v) is 6.89. The van der Waals surface area contributed by atoms with Crippen LogP contribution in [-0.4, -0.2) is 23.9 Å². The van der Waals surface area contributed by atoms with E-state index in [4.69, 9.17) is 17.3 Å². The van der Waals surface area contributed by atoms with Crippen LogP contribution in [0.15, 0.2) is 12.1 Å². The summed E-state index contributed by atoms with van der Waals surface area (Å²) in [7, 11) is 0. The van der Waals surface area contributed by atoms with E-state index in [-0.39, 0.29) is 24.2 Å². The predicted molar refractivity (Wildman–Crippen MR) is 87.6 cm³/mol. The zero-order valence-corrected chi connectivity index (χ0v) is 14.1. The maximum atomic E-state index is 12.6. The van der Waals surface area contributed by atoms with Crippen molar-refractivity contribution in [2.24, 2.45) is 17.6 Å². The van der Waals surface area contributed by atoms with E-state index in [0.717, 1.165) is 35.0 Å². The van der Waals surface area contributed by atoms with Gasteiger partial charge < -0.3 is 10.6 Å². The van der Waals surface area contributed by atoms with Crippen molar-refractivity contribution in [3.8, 4) is 0 Å². The van der Waals surface area contributed by atoms with Crippen LogP contribution in [0.1, 0.15) is 31.1 Å². The molecule has 1 aromatic rings. The molecule has 3 nitrogen and oxygen atoms in total. The van der Waals surface area contributed by atoms with E-state index in [1.807, 2.05) is 24.0 Å². The molecule has 1 fully saturated rings.